The maximum absolute atomic E-state index is 11.5. The molecule has 0 saturated carbocycles. The van der Waals surface area contributed by atoms with E-state index in [2.05, 4.69) is 20.8 Å². The zero-order chi connectivity index (χ0) is 9.80. The van der Waals surface area contributed by atoms with Crippen molar-refractivity contribution in [2.75, 3.05) is 19.6 Å². The molecule has 1 atom stereocenters. The molecule has 0 aliphatic carbocycles. The Bertz CT molecular complexity index is 290. The Labute approximate surface area is 82.3 Å². The number of aromatic nitrogens is 2. The van der Waals surface area contributed by atoms with Crippen LogP contribution >= 0.6 is 0 Å². The van der Waals surface area contributed by atoms with Crippen LogP contribution in [0.15, 0.2) is 12.4 Å². The van der Waals surface area contributed by atoms with Gasteiger partial charge in [-0.2, -0.15) is 5.10 Å². The van der Waals surface area contributed by atoms with E-state index in [1.54, 1.807) is 6.20 Å². The van der Waals surface area contributed by atoms with Gasteiger partial charge >= 0.3 is 0 Å². The number of nitrogens with zero attached hydrogens (tertiary/aromatic N) is 1. The highest BCUT2D eigenvalue weighted by Gasteiger charge is 2.15. The fraction of sp³-hybridized carbons (Fsp3) is 0.556. The second-order valence-electron chi connectivity index (χ2n) is 3.56. The first-order valence-electron chi connectivity index (χ1n) is 4.84. The van der Waals surface area contributed by atoms with Crippen molar-refractivity contribution in [3.8, 4) is 0 Å². The summed E-state index contributed by atoms with van der Waals surface area (Å²) in [6, 6.07) is 0. The summed E-state index contributed by atoms with van der Waals surface area (Å²) in [5, 5.41) is 12.5. The highest BCUT2D eigenvalue weighted by Crippen LogP contribution is 2.05. The highest BCUT2D eigenvalue weighted by atomic mass is 16.1. The molecule has 2 heterocycles. The van der Waals surface area contributed by atoms with Crippen LogP contribution in [0.4, 0.5) is 0 Å². The van der Waals surface area contributed by atoms with Gasteiger partial charge in [-0.15, -0.1) is 0 Å². The topological polar surface area (TPSA) is 69.8 Å². The first-order valence-corrected chi connectivity index (χ1v) is 4.84. The van der Waals surface area contributed by atoms with E-state index in [0.29, 0.717) is 11.5 Å². The Balaban J connectivity index is 1.78. The smallest absolute Gasteiger partial charge is 0.254 e. The maximum Gasteiger partial charge on any atom is 0.254 e. The van der Waals surface area contributed by atoms with Crippen LogP contribution in [0.3, 0.4) is 0 Å². The first-order chi connectivity index (χ1) is 6.86. The lowest BCUT2D eigenvalue weighted by atomic mass is 10.1. The minimum Gasteiger partial charge on any atom is -0.352 e. The van der Waals surface area contributed by atoms with Gasteiger partial charge < -0.3 is 10.6 Å². The van der Waals surface area contributed by atoms with Gasteiger partial charge in [0.15, 0.2) is 0 Å². The van der Waals surface area contributed by atoms with E-state index in [0.717, 1.165) is 26.1 Å². The molecule has 0 aromatic carbocycles. The average molecular weight is 194 g/mol. The third kappa shape index (κ3) is 2.11. The molecule has 14 heavy (non-hydrogen) atoms. The van der Waals surface area contributed by atoms with Crippen molar-refractivity contribution in [3.05, 3.63) is 18.0 Å². The highest BCUT2D eigenvalue weighted by molar-refractivity contribution is 5.93. The molecule has 3 N–H and O–H groups in total. The molecule has 0 spiro atoms. The number of hydrogen-bond donors (Lipinski definition) is 3. The van der Waals surface area contributed by atoms with Gasteiger partial charge in [0.25, 0.3) is 5.91 Å². The Hall–Kier alpha value is -1.36. The van der Waals surface area contributed by atoms with Crippen LogP contribution in [0.25, 0.3) is 0 Å². The van der Waals surface area contributed by atoms with E-state index in [1.807, 2.05) is 0 Å². The molecule has 2 rings (SSSR count). The summed E-state index contributed by atoms with van der Waals surface area (Å²) in [6.07, 6.45) is 4.27. The van der Waals surface area contributed by atoms with E-state index in [4.69, 9.17) is 0 Å². The molecular weight excluding hydrogens is 180 g/mol. The monoisotopic (exact) mass is 194 g/mol. The van der Waals surface area contributed by atoms with Crippen LogP contribution in [-0.2, 0) is 0 Å². The number of nitrogens with one attached hydrogen (secondary N) is 3. The van der Waals surface area contributed by atoms with Crippen molar-refractivity contribution >= 4 is 5.91 Å². The Morgan fingerprint density at radius 2 is 2.64 bits per heavy atom. The number of hydrogen-bond acceptors (Lipinski definition) is 3. The van der Waals surface area contributed by atoms with E-state index in [9.17, 15) is 4.79 Å². The lowest BCUT2D eigenvalue weighted by Gasteiger charge is -2.08. The fourth-order valence-electron chi connectivity index (χ4n) is 1.60. The molecule has 1 fully saturated rings. The zero-order valence-electron chi connectivity index (χ0n) is 7.92. The van der Waals surface area contributed by atoms with Crippen LogP contribution in [-0.4, -0.2) is 35.7 Å². The third-order valence-electron chi connectivity index (χ3n) is 2.47. The SMILES string of the molecule is O=C(NCC1CCNC1)c1cn[nH]c1. The number of H-pyrrole nitrogens is 1. The Kier molecular flexibility index (Phi) is 2.78. The lowest BCUT2D eigenvalue weighted by molar-refractivity contribution is 0.0948. The number of carbonyl (C=O) groups excluding carboxylic acids is 1. The van der Waals surface area contributed by atoms with Crippen LogP contribution in [0.5, 0.6) is 0 Å². The molecule has 1 saturated heterocycles. The summed E-state index contributed by atoms with van der Waals surface area (Å²) in [5.74, 6) is 0.525. The lowest BCUT2D eigenvalue weighted by Crippen LogP contribution is -2.29. The minimum atomic E-state index is -0.0503. The summed E-state index contributed by atoms with van der Waals surface area (Å²) in [4.78, 5) is 11.5. The van der Waals surface area contributed by atoms with E-state index in [1.165, 1.54) is 6.20 Å². The molecule has 1 aliphatic rings. The van der Waals surface area contributed by atoms with Crippen molar-refractivity contribution in [3.63, 3.8) is 0 Å². The standard InChI is InChI=1S/C9H14N4O/c14-9(8-5-12-13-6-8)11-4-7-1-2-10-3-7/h5-7,10H,1-4H2,(H,11,14)(H,12,13). The van der Waals surface area contributed by atoms with Crippen molar-refractivity contribution in [2.45, 2.75) is 6.42 Å². The summed E-state index contributed by atoms with van der Waals surface area (Å²) in [7, 11) is 0. The fourth-order valence-corrected chi connectivity index (χ4v) is 1.60. The molecule has 1 amide bonds. The van der Waals surface area contributed by atoms with Gasteiger partial charge in [-0.1, -0.05) is 0 Å². The van der Waals surface area contributed by atoms with Crippen LogP contribution in [0.1, 0.15) is 16.8 Å². The van der Waals surface area contributed by atoms with Gasteiger partial charge in [0.1, 0.15) is 0 Å². The van der Waals surface area contributed by atoms with Crippen LogP contribution in [0, 0.1) is 5.92 Å². The average Bonchev–Trinajstić information content (AvgIpc) is 2.87. The second kappa shape index (κ2) is 4.23. The van der Waals surface area contributed by atoms with Gasteiger partial charge in [-0.25, -0.2) is 0 Å². The van der Waals surface area contributed by atoms with Crippen molar-refractivity contribution in [1.82, 2.24) is 20.8 Å². The molecule has 1 aromatic rings. The van der Waals surface area contributed by atoms with Gasteiger partial charge in [-0.3, -0.25) is 9.89 Å². The molecule has 5 nitrogen and oxygen atoms in total. The van der Waals surface area contributed by atoms with Crippen molar-refractivity contribution in [2.24, 2.45) is 5.92 Å². The maximum atomic E-state index is 11.5. The minimum absolute atomic E-state index is 0.0503. The molecule has 76 valence electrons. The number of rotatable bonds is 3. The van der Waals surface area contributed by atoms with Gasteiger partial charge in [-0.05, 0) is 25.4 Å². The van der Waals surface area contributed by atoms with Crippen LogP contribution in [0.2, 0.25) is 0 Å². The Morgan fingerprint density at radius 3 is 3.29 bits per heavy atom. The summed E-state index contributed by atoms with van der Waals surface area (Å²) >= 11 is 0. The van der Waals surface area contributed by atoms with Crippen molar-refractivity contribution < 1.29 is 4.79 Å². The Morgan fingerprint density at radius 1 is 1.71 bits per heavy atom. The summed E-state index contributed by atoms with van der Waals surface area (Å²) in [5.41, 5.74) is 0.593. The number of aromatic amines is 1. The summed E-state index contributed by atoms with van der Waals surface area (Å²) in [6.45, 7) is 2.81. The number of carbonyl (C=O) groups is 1. The first kappa shape index (κ1) is 9.21. The van der Waals surface area contributed by atoms with E-state index in [-0.39, 0.29) is 5.91 Å². The van der Waals surface area contributed by atoms with E-state index >= 15 is 0 Å². The van der Waals surface area contributed by atoms with E-state index < -0.39 is 0 Å². The molecule has 5 heteroatoms. The zero-order valence-corrected chi connectivity index (χ0v) is 7.92. The van der Waals surface area contributed by atoms with Gasteiger partial charge in [0, 0.05) is 12.7 Å². The molecule has 0 bridgehead atoms. The van der Waals surface area contributed by atoms with Gasteiger partial charge in [0.2, 0.25) is 0 Å². The predicted octanol–water partition coefficient (Wildman–Crippen LogP) is -0.251. The largest absolute Gasteiger partial charge is 0.352 e. The normalized spacial score (nSPS) is 21.0. The number of amides is 1. The molecule has 1 aromatic heterocycles. The predicted molar refractivity (Wildman–Crippen MR) is 51.9 cm³/mol. The molecule has 0 radical (unpaired) electrons. The van der Waals surface area contributed by atoms with Gasteiger partial charge in [0.05, 0.1) is 11.8 Å². The third-order valence-corrected chi connectivity index (χ3v) is 2.47. The quantitative estimate of drug-likeness (QED) is 0.621. The molecular formula is C9H14N4O. The summed E-state index contributed by atoms with van der Waals surface area (Å²) < 4.78 is 0. The molecule has 1 unspecified atom stereocenters. The van der Waals surface area contributed by atoms with Crippen molar-refractivity contribution in [1.29, 1.82) is 0 Å². The molecule has 1 aliphatic heterocycles. The van der Waals surface area contributed by atoms with Crippen LogP contribution < -0.4 is 10.6 Å². The second-order valence-corrected chi connectivity index (χ2v) is 3.56.